The van der Waals surface area contributed by atoms with Crippen LogP contribution in [0.25, 0.3) is 0 Å². The first-order valence-electron chi connectivity index (χ1n) is 3.29. The predicted molar refractivity (Wildman–Crippen MR) is 43.0 cm³/mol. The van der Waals surface area contributed by atoms with E-state index >= 15 is 0 Å². The molecule has 2 heteroatoms. The Morgan fingerprint density at radius 2 is 2.20 bits per heavy atom. The molecule has 10 heavy (non-hydrogen) atoms. The number of hydrogen-bond acceptors (Lipinski definition) is 2. The first-order valence-corrected chi connectivity index (χ1v) is 3.29. The van der Waals surface area contributed by atoms with Crippen molar-refractivity contribution in [1.29, 1.82) is 5.26 Å². The zero-order valence-corrected chi connectivity index (χ0v) is 6.68. The van der Waals surface area contributed by atoms with Gasteiger partial charge in [-0.1, -0.05) is 5.57 Å². The van der Waals surface area contributed by atoms with Crippen LogP contribution in [0.5, 0.6) is 0 Å². The van der Waals surface area contributed by atoms with E-state index in [1.807, 2.05) is 20.8 Å². The van der Waals surface area contributed by atoms with Crippen molar-refractivity contribution in [3.8, 4) is 6.07 Å². The minimum Gasteiger partial charge on any atom is -0.292 e. The van der Waals surface area contributed by atoms with Crippen molar-refractivity contribution in [3.63, 3.8) is 0 Å². The van der Waals surface area contributed by atoms with Crippen LogP contribution in [0.15, 0.2) is 16.1 Å². The van der Waals surface area contributed by atoms with Crippen LogP contribution in [0.4, 0.5) is 0 Å². The van der Waals surface area contributed by atoms with Crippen molar-refractivity contribution in [2.75, 3.05) is 6.54 Å². The number of hydrogen-bond donors (Lipinski definition) is 0. The molecule has 0 aliphatic rings. The van der Waals surface area contributed by atoms with Crippen molar-refractivity contribution in [3.05, 3.63) is 11.1 Å². The Morgan fingerprint density at radius 3 is 2.50 bits per heavy atom. The van der Waals surface area contributed by atoms with Gasteiger partial charge in [-0.05, 0) is 20.8 Å². The van der Waals surface area contributed by atoms with Crippen LogP contribution in [-0.2, 0) is 0 Å². The molecule has 0 rings (SSSR count). The summed E-state index contributed by atoms with van der Waals surface area (Å²) in [6.07, 6.45) is 1.62. The van der Waals surface area contributed by atoms with Crippen LogP contribution in [-0.4, -0.2) is 12.8 Å². The summed E-state index contributed by atoms with van der Waals surface area (Å²) in [6, 6.07) is 2.07. The number of aliphatic imine (C=N–C) groups is 1. The van der Waals surface area contributed by atoms with Gasteiger partial charge in [0.15, 0.2) is 0 Å². The van der Waals surface area contributed by atoms with Crippen LogP contribution in [0.1, 0.15) is 20.8 Å². The van der Waals surface area contributed by atoms with E-state index in [0.29, 0.717) is 5.57 Å². The average Bonchev–Trinajstić information content (AvgIpc) is 1.89. The van der Waals surface area contributed by atoms with E-state index in [-0.39, 0.29) is 0 Å². The fourth-order valence-electron chi connectivity index (χ4n) is 0.452. The van der Waals surface area contributed by atoms with Gasteiger partial charge < -0.3 is 0 Å². The molecule has 0 aliphatic carbocycles. The smallest absolute Gasteiger partial charge is 0.101 e. The number of nitriles is 1. The highest BCUT2D eigenvalue weighted by molar-refractivity contribution is 5.84. The lowest BCUT2D eigenvalue weighted by Gasteiger charge is -1.89. The number of allylic oxidation sites excluding steroid dienone is 2. The standard InChI is InChI=1S/C8H12N2/c1-4-10-6-8(5-9)7(2)3/h6H,4H2,1-3H3. The SMILES string of the molecule is CCN=CC(C#N)=C(C)C. The van der Waals surface area contributed by atoms with Crippen molar-refractivity contribution < 1.29 is 0 Å². The van der Waals surface area contributed by atoms with E-state index in [0.717, 1.165) is 12.1 Å². The van der Waals surface area contributed by atoms with Crippen molar-refractivity contribution in [1.82, 2.24) is 0 Å². The minimum absolute atomic E-state index is 0.668. The molecule has 54 valence electrons. The third-order valence-corrected chi connectivity index (χ3v) is 1.06. The fourth-order valence-corrected chi connectivity index (χ4v) is 0.452. The molecule has 0 fully saturated rings. The Labute approximate surface area is 61.9 Å². The highest BCUT2D eigenvalue weighted by atomic mass is 14.7. The molecule has 2 nitrogen and oxygen atoms in total. The summed E-state index contributed by atoms with van der Waals surface area (Å²) in [7, 11) is 0. The Bertz CT molecular complexity index is 190. The summed E-state index contributed by atoms with van der Waals surface area (Å²) < 4.78 is 0. The van der Waals surface area contributed by atoms with Crippen LogP contribution in [0, 0.1) is 11.3 Å². The molecule has 0 saturated carbocycles. The summed E-state index contributed by atoms with van der Waals surface area (Å²) in [5.41, 5.74) is 1.68. The third-order valence-electron chi connectivity index (χ3n) is 1.06. The topological polar surface area (TPSA) is 36.1 Å². The molecule has 0 unspecified atom stereocenters. The first-order chi connectivity index (χ1) is 4.72. The van der Waals surface area contributed by atoms with Gasteiger partial charge in [0.1, 0.15) is 6.07 Å². The average molecular weight is 136 g/mol. The summed E-state index contributed by atoms with van der Waals surface area (Å²) in [4.78, 5) is 3.96. The van der Waals surface area contributed by atoms with Crippen LogP contribution in [0.2, 0.25) is 0 Å². The van der Waals surface area contributed by atoms with Gasteiger partial charge in [0, 0.05) is 12.8 Å². The van der Waals surface area contributed by atoms with Gasteiger partial charge in [0.05, 0.1) is 5.57 Å². The Balaban J connectivity index is 4.29. The highest BCUT2D eigenvalue weighted by Crippen LogP contribution is 1.97. The molecular formula is C8H12N2. The van der Waals surface area contributed by atoms with Crippen LogP contribution in [0.3, 0.4) is 0 Å². The first kappa shape index (κ1) is 8.90. The molecule has 0 N–H and O–H groups in total. The normalized spacial score (nSPS) is 9.40. The van der Waals surface area contributed by atoms with Gasteiger partial charge in [-0.2, -0.15) is 5.26 Å². The Kier molecular flexibility index (Phi) is 4.23. The molecule has 0 bridgehead atoms. The van der Waals surface area contributed by atoms with E-state index < -0.39 is 0 Å². The third kappa shape index (κ3) is 3.03. The molecule has 0 amide bonds. The van der Waals surface area contributed by atoms with E-state index in [4.69, 9.17) is 5.26 Å². The fraction of sp³-hybridized carbons (Fsp3) is 0.500. The van der Waals surface area contributed by atoms with Gasteiger partial charge in [-0.3, -0.25) is 4.99 Å². The predicted octanol–water partition coefficient (Wildman–Crippen LogP) is 1.94. The lowest BCUT2D eigenvalue weighted by molar-refractivity contribution is 1.14. The summed E-state index contributed by atoms with van der Waals surface area (Å²) in [5, 5.41) is 8.52. The minimum atomic E-state index is 0.668. The molecular weight excluding hydrogens is 124 g/mol. The molecule has 0 spiro atoms. The molecule has 0 radical (unpaired) electrons. The molecule has 0 saturated heterocycles. The van der Waals surface area contributed by atoms with Crippen LogP contribution >= 0.6 is 0 Å². The maximum absolute atomic E-state index is 8.52. The maximum Gasteiger partial charge on any atom is 0.101 e. The van der Waals surface area contributed by atoms with Crippen molar-refractivity contribution >= 4 is 6.21 Å². The molecule has 0 aromatic heterocycles. The largest absolute Gasteiger partial charge is 0.292 e. The monoisotopic (exact) mass is 136 g/mol. The lowest BCUT2D eigenvalue weighted by atomic mass is 10.2. The summed E-state index contributed by atoms with van der Waals surface area (Å²) >= 11 is 0. The van der Waals surface area contributed by atoms with Gasteiger partial charge in [0.25, 0.3) is 0 Å². The second kappa shape index (κ2) is 4.75. The van der Waals surface area contributed by atoms with Crippen molar-refractivity contribution in [2.45, 2.75) is 20.8 Å². The number of nitrogens with zero attached hydrogens (tertiary/aromatic N) is 2. The van der Waals surface area contributed by atoms with E-state index in [2.05, 4.69) is 11.1 Å². The zero-order chi connectivity index (χ0) is 7.98. The summed E-state index contributed by atoms with van der Waals surface area (Å²) in [6.45, 7) is 6.48. The van der Waals surface area contributed by atoms with E-state index in [1.165, 1.54) is 0 Å². The van der Waals surface area contributed by atoms with E-state index in [9.17, 15) is 0 Å². The Morgan fingerprint density at radius 1 is 1.60 bits per heavy atom. The highest BCUT2D eigenvalue weighted by Gasteiger charge is 1.90. The second-order valence-corrected chi connectivity index (χ2v) is 2.15. The van der Waals surface area contributed by atoms with Gasteiger partial charge in [0.2, 0.25) is 0 Å². The maximum atomic E-state index is 8.52. The van der Waals surface area contributed by atoms with Gasteiger partial charge in [-0.15, -0.1) is 0 Å². The number of rotatable bonds is 2. The molecule has 0 aliphatic heterocycles. The molecule has 0 aromatic rings. The second-order valence-electron chi connectivity index (χ2n) is 2.15. The van der Waals surface area contributed by atoms with Crippen LogP contribution < -0.4 is 0 Å². The Hall–Kier alpha value is -1.10. The molecule has 0 atom stereocenters. The zero-order valence-electron chi connectivity index (χ0n) is 6.68. The van der Waals surface area contributed by atoms with Gasteiger partial charge in [-0.25, -0.2) is 0 Å². The van der Waals surface area contributed by atoms with Gasteiger partial charge >= 0.3 is 0 Å². The lowest BCUT2D eigenvalue weighted by Crippen LogP contribution is -1.84. The quantitative estimate of drug-likeness (QED) is 0.422. The van der Waals surface area contributed by atoms with Crippen molar-refractivity contribution in [2.24, 2.45) is 4.99 Å². The summed E-state index contributed by atoms with van der Waals surface area (Å²) in [5.74, 6) is 0. The molecule has 0 aromatic carbocycles. The molecule has 0 heterocycles. The van der Waals surface area contributed by atoms with E-state index in [1.54, 1.807) is 6.21 Å².